The molecule has 2 aromatic heterocycles. The summed E-state index contributed by atoms with van der Waals surface area (Å²) in [5.74, 6) is 1.09. The van der Waals surface area contributed by atoms with E-state index in [2.05, 4.69) is 18.7 Å². The SMILES string of the molecule is CSc1nc(N2CC[NH+](CCO)CC2)c2c3c(sc2n1)COC(C)(C)C3. The van der Waals surface area contributed by atoms with Crippen LogP contribution in [0.25, 0.3) is 10.2 Å². The normalized spacial score (nSPS) is 20.5. The number of hydrogen-bond acceptors (Lipinski definition) is 7. The fourth-order valence-electron chi connectivity index (χ4n) is 3.87. The highest BCUT2D eigenvalue weighted by Gasteiger charge is 2.32. The summed E-state index contributed by atoms with van der Waals surface area (Å²) >= 11 is 3.37. The van der Waals surface area contributed by atoms with E-state index < -0.39 is 0 Å². The number of fused-ring (bicyclic) bond motifs is 3. The summed E-state index contributed by atoms with van der Waals surface area (Å²) in [5.41, 5.74) is 1.24. The van der Waals surface area contributed by atoms with Gasteiger partial charge in [0.05, 0.1) is 50.4 Å². The summed E-state index contributed by atoms with van der Waals surface area (Å²) in [6, 6.07) is 0. The van der Waals surface area contributed by atoms with Gasteiger partial charge in [0.15, 0.2) is 5.16 Å². The van der Waals surface area contributed by atoms with E-state index in [0.29, 0.717) is 6.61 Å². The van der Waals surface area contributed by atoms with Crippen molar-refractivity contribution < 1.29 is 14.7 Å². The molecule has 0 radical (unpaired) electrons. The van der Waals surface area contributed by atoms with E-state index in [0.717, 1.165) is 54.9 Å². The number of ether oxygens (including phenoxy) is 1. The smallest absolute Gasteiger partial charge is 0.190 e. The van der Waals surface area contributed by atoms with Gasteiger partial charge in [0.2, 0.25) is 0 Å². The zero-order valence-corrected chi connectivity index (χ0v) is 17.3. The maximum Gasteiger partial charge on any atom is 0.190 e. The van der Waals surface area contributed by atoms with Crippen LogP contribution in [0.15, 0.2) is 5.16 Å². The second-order valence-corrected chi connectivity index (χ2v) is 9.51. The Bertz CT molecular complexity index is 800. The molecular weight excluding hydrogens is 368 g/mol. The Hall–Kier alpha value is -0.930. The summed E-state index contributed by atoms with van der Waals surface area (Å²) in [7, 11) is 0. The number of nitrogens with zero attached hydrogens (tertiary/aromatic N) is 3. The molecule has 2 aliphatic rings. The Balaban J connectivity index is 1.75. The third-order valence-electron chi connectivity index (χ3n) is 5.31. The van der Waals surface area contributed by atoms with Crippen molar-refractivity contribution in [1.82, 2.24) is 9.97 Å². The number of rotatable bonds is 4. The molecule has 2 aromatic rings. The van der Waals surface area contributed by atoms with E-state index in [1.807, 2.05) is 6.26 Å². The molecule has 0 aromatic carbocycles. The molecule has 0 aliphatic carbocycles. The van der Waals surface area contributed by atoms with Gasteiger partial charge in [-0.1, -0.05) is 11.8 Å². The maximum atomic E-state index is 9.20. The number of thioether (sulfide) groups is 1. The van der Waals surface area contributed by atoms with Gasteiger partial charge in [0.1, 0.15) is 17.2 Å². The zero-order valence-electron chi connectivity index (χ0n) is 15.7. The van der Waals surface area contributed by atoms with Crippen LogP contribution >= 0.6 is 23.1 Å². The Morgan fingerprint density at radius 1 is 1.31 bits per heavy atom. The van der Waals surface area contributed by atoms with Gasteiger partial charge in [-0.15, -0.1) is 11.3 Å². The third kappa shape index (κ3) is 3.45. The largest absolute Gasteiger partial charge is 0.391 e. The van der Waals surface area contributed by atoms with Crippen LogP contribution in [0, 0.1) is 0 Å². The van der Waals surface area contributed by atoms with Gasteiger partial charge in [0, 0.05) is 11.3 Å². The number of aliphatic hydroxyl groups is 1. The number of anilines is 1. The van der Waals surface area contributed by atoms with Crippen molar-refractivity contribution in [2.24, 2.45) is 0 Å². The monoisotopic (exact) mass is 395 g/mol. The zero-order chi connectivity index (χ0) is 18.3. The minimum atomic E-state index is -0.138. The first-order valence-electron chi connectivity index (χ1n) is 9.20. The van der Waals surface area contributed by atoms with E-state index in [1.54, 1.807) is 23.1 Å². The van der Waals surface area contributed by atoms with Crippen LogP contribution in [0.5, 0.6) is 0 Å². The molecule has 0 amide bonds. The van der Waals surface area contributed by atoms with Crippen LogP contribution in [0.2, 0.25) is 0 Å². The predicted octanol–water partition coefficient (Wildman–Crippen LogP) is 0.962. The number of aliphatic hydroxyl groups excluding tert-OH is 1. The molecule has 6 nitrogen and oxygen atoms in total. The van der Waals surface area contributed by atoms with Crippen LogP contribution in [0.4, 0.5) is 5.82 Å². The third-order valence-corrected chi connectivity index (χ3v) is 6.96. The van der Waals surface area contributed by atoms with Gasteiger partial charge in [-0.3, -0.25) is 0 Å². The molecule has 142 valence electrons. The first-order chi connectivity index (χ1) is 12.5. The number of nitrogens with one attached hydrogen (secondary N) is 1. The van der Waals surface area contributed by atoms with Crippen LogP contribution in [0.3, 0.4) is 0 Å². The van der Waals surface area contributed by atoms with Crippen molar-refractivity contribution in [3.05, 3.63) is 10.4 Å². The van der Waals surface area contributed by atoms with Gasteiger partial charge in [-0.2, -0.15) is 0 Å². The van der Waals surface area contributed by atoms with Crippen molar-refractivity contribution >= 4 is 39.1 Å². The minimum absolute atomic E-state index is 0.138. The van der Waals surface area contributed by atoms with E-state index in [-0.39, 0.29) is 12.2 Å². The highest BCUT2D eigenvalue weighted by atomic mass is 32.2. The van der Waals surface area contributed by atoms with Crippen molar-refractivity contribution in [1.29, 1.82) is 0 Å². The molecule has 2 aliphatic heterocycles. The fraction of sp³-hybridized carbons (Fsp3) is 0.667. The molecule has 2 N–H and O–H groups in total. The lowest BCUT2D eigenvalue weighted by Crippen LogP contribution is -3.15. The molecule has 8 heteroatoms. The van der Waals surface area contributed by atoms with Gasteiger partial charge >= 0.3 is 0 Å². The van der Waals surface area contributed by atoms with Crippen LogP contribution in [0.1, 0.15) is 24.3 Å². The number of hydrogen-bond donors (Lipinski definition) is 2. The molecule has 1 fully saturated rings. The molecule has 0 atom stereocenters. The predicted molar refractivity (Wildman–Crippen MR) is 107 cm³/mol. The lowest BCUT2D eigenvalue weighted by molar-refractivity contribution is -0.900. The molecular formula is C18H27N4O2S2+. The van der Waals surface area contributed by atoms with E-state index in [1.165, 1.54) is 20.7 Å². The number of thiophene rings is 1. The lowest BCUT2D eigenvalue weighted by atomic mass is 9.94. The summed E-state index contributed by atoms with van der Waals surface area (Å²) in [6.07, 6.45) is 2.95. The maximum absolute atomic E-state index is 9.20. The van der Waals surface area contributed by atoms with E-state index in [9.17, 15) is 5.11 Å². The molecule has 0 spiro atoms. The quantitative estimate of drug-likeness (QED) is 0.594. The fourth-order valence-corrected chi connectivity index (χ4v) is 5.39. The first-order valence-corrected chi connectivity index (χ1v) is 11.2. The lowest BCUT2D eigenvalue weighted by Gasteiger charge is -2.34. The highest BCUT2D eigenvalue weighted by Crippen LogP contribution is 2.42. The molecule has 4 rings (SSSR count). The molecule has 4 heterocycles. The summed E-state index contributed by atoms with van der Waals surface area (Å²) < 4.78 is 6.02. The number of piperazine rings is 1. The minimum Gasteiger partial charge on any atom is -0.391 e. The van der Waals surface area contributed by atoms with Gasteiger partial charge in [-0.25, -0.2) is 9.97 Å². The average molecular weight is 396 g/mol. The van der Waals surface area contributed by atoms with Crippen LogP contribution < -0.4 is 9.80 Å². The molecule has 0 saturated carbocycles. The average Bonchev–Trinajstić information content (AvgIpc) is 2.98. The number of quaternary nitrogens is 1. The summed E-state index contributed by atoms with van der Waals surface area (Å²) in [5, 5.41) is 11.3. The Morgan fingerprint density at radius 2 is 2.08 bits per heavy atom. The van der Waals surface area contributed by atoms with Crippen molar-refractivity contribution in [3.63, 3.8) is 0 Å². The van der Waals surface area contributed by atoms with E-state index >= 15 is 0 Å². The Kier molecular flexibility index (Phi) is 5.13. The summed E-state index contributed by atoms with van der Waals surface area (Å²) in [6.45, 7) is 10.1. The Labute approximate surface area is 162 Å². The van der Waals surface area contributed by atoms with Gasteiger partial charge in [0.25, 0.3) is 0 Å². The highest BCUT2D eigenvalue weighted by molar-refractivity contribution is 7.98. The second kappa shape index (κ2) is 7.24. The molecule has 26 heavy (non-hydrogen) atoms. The molecule has 0 unspecified atom stereocenters. The number of aromatic nitrogens is 2. The van der Waals surface area contributed by atoms with Crippen LogP contribution in [-0.4, -0.2) is 66.3 Å². The van der Waals surface area contributed by atoms with Crippen LogP contribution in [-0.2, 0) is 17.8 Å². The molecule has 1 saturated heterocycles. The topological polar surface area (TPSA) is 62.9 Å². The van der Waals surface area contributed by atoms with E-state index in [4.69, 9.17) is 14.7 Å². The molecule has 0 bridgehead atoms. The summed E-state index contributed by atoms with van der Waals surface area (Å²) in [4.78, 5) is 16.0. The van der Waals surface area contributed by atoms with Crippen molar-refractivity contribution in [3.8, 4) is 0 Å². The first kappa shape index (κ1) is 18.4. The van der Waals surface area contributed by atoms with Gasteiger partial charge in [-0.05, 0) is 25.7 Å². The second-order valence-electron chi connectivity index (χ2n) is 7.65. The standard InChI is InChI=1S/C18H26N4O2S2/c1-18(2)10-12-13(11-24-18)26-16-14(12)15(19-17(20-16)25-3)22-6-4-21(5-7-22)8-9-23/h23H,4-11H2,1-3H3/p+1. The van der Waals surface area contributed by atoms with Crippen molar-refractivity contribution in [2.75, 3.05) is 50.5 Å². The van der Waals surface area contributed by atoms with Crippen molar-refractivity contribution in [2.45, 2.75) is 37.6 Å². The Morgan fingerprint density at radius 3 is 2.77 bits per heavy atom. The van der Waals surface area contributed by atoms with Gasteiger partial charge < -0.3 is 19.6 Å².